The van der Waals surface area contributed by atoms with E-state index >= 15 is 0 Å². The van der Waals surface area contributed by atoms with E-state index < -0.39 is 6.09 Å². The summed E-state index contributed by atoms with van der Waals surface area (Å²) >= 11 is 0. The van der Waals surface area contributed by atoms with Crippen molar-refractivity contribution in [2.45, 2.75) is 20.0 Å². The molecule has 24 heavy (non-hydrogen) atoms. The van der Waals surface area contributed by atoms with Crippen molar-refractivity contribution in [1.29, 1.82) is 0 Å². The summed E-state index contributed by atoms with van der Waals surface area (Å²) in [6, 6.07) is 11.7. The molecule has 1 amide bonds. The van der Waals surface area contributed by atoms with E-state index in [1.807, 2.05) is 42.7 Å². The fraction of sp³-hybridized carbons (Fsp3) is 0.222. The smallest absolute Gasteiger partial charge is 0.411 e. The molecular weight excluding hydrogens is 304 g/mol. The SMILES string of the molecule is COC(=O)Nc1cccc(CNCc2cnc3c(C)cccn23)c1. The lowest BCUT2D eigenvalue weighted by Gasteiger charge is -2.08. The molecule has 6 nitrogen and oxygen atoms in total. The number of aryl methyl sites for hydroxylation is 1. The number of carbonyl (C=O) groups excluding carboxylic acids is 1. The summed E-state index contributed by atoms with van der Waals surface area (Å²) in [5.41, 5.74) is 5.04. The Morgan fingerprint density at radius 3 is 2.96 bits per heavy atom. The van der Waals surface area contributed by atoms with Gasteiger partial charge in [0.05, 0.1) is 19.0 Å². The highest BCUT2D eigenvalue weighted by Crippen LogP contribution is 2.13. The number of hydrogen-bond acceptors (Lipinski definition) is 4. The van der Waals surface area contributed by atoms with Crippen molar-refractivity contribution in [3.8, 4) is 0 Å². The number of carbonyl (C=O) groups is 1. The Bertz CT molecular complexity index is 857. The van der Waals surface area contributed by atoms with Crippen LogP contribution in [0.5, 0.6) is 0 Å². The molecule has 2 N–H and O–H groups in total. The Morgan fingerprint density at radius 2 is 2.12 bits per heavy atom. The van der Waals surface area contributed by atoms with Gasteiger partial charge in [-0.3, -0.25) is 5.32 Å². The molecule has 0 fully saturated rings. The lowest BCUT2D eigenvalue weighted by Crippen LogP contribution is -2.15. The molecule has 2 aromatic heterocycles. The summed E-state index contributed by atoms with van der Waals surface area (Å²) in [7, 11) is 1.35. The van der Waals surface area contributed by atoms with Crippen LogP contribution in [0.15, 0.2) is 48.8 Å². The van der Waals surface area contributed by atoms with Crippen LogP contribution < -0.4 is 10.6 Å². The molecule has 0 aliphatic heterocycles. The number of imidazole rings is 1. The van der Waals surface area contributed by atoms with Crippen LogP contribution in [-0.4, -0.2) is 22.6 Å². The Hall–Kier alpha value is -2.86. The molecule has 3 aromatic rings. The second kappa shape index (κ2) is 7.14. The molecule has 0 aliphatic carbocycles. The van der Waals surface area contributed by atoms with Crippen molar-refractivity contribution in [2.75, 3.05) is 12.4 Å². The van der Waals surface area contributed by atoms with Crippen LogP contribution >= 0.6 is 0 Å². The maximum atomic E-state index is 11.3. The lowest BCUT2D eigenvalue weighted by atomic mass is 10.2. The zero-order valence-corrected chi connectivity index (χ0v) is 13.7. The van der Waals surface area contributed by atoms with E-state index in [0.29, 0.717) is 18.8 Å². The van der Waals surface area contributed by atoms with E-state index in [1.54, 1.807) is 0 Å². The third kappa shape index (κ3) is 3.55. The number of nitrogens with zero attached hydrogens (tertiary/aromatic N) is 2. The van der Waals surface area contributed by atoms with Gasteiger partial charge in [0.15, 0.2) is 0 Å². The number of ether oxygens (including phenoxy) is 1. The number of anilines is 1. The van der Waals surface area contributed by atoms with Crippen LogP contribution in [0.2, 0.25) is 0 Å². The number of nitrogens with one attached hydrogen (secondary N) is 2. The molecule has 0 unspecified atom stereocenters. The van der Waals surface area contributed by atoms with Crippen LogP contribution in [0.1, 0.15) is 16.8 Å². The molecule has 0 saturated carbocycles. The molecule has 6 heteroatoms. The molecule has 0 atom stereocenters. The van der Waals surface area contributed by atoms with Crippen molar-refractivity contribution in [1.82, 2.24) is 14.7 Å². The maximum Gasteiger partial charge on any atom is 0.411 e. The number of benzene rings is 1. The van der Waals surface area contributed by atoms with Crippen LogP contribution in [-0.2, 0) is 17.8 Å². The summed E-state index contributed by atoms with van der Waals surface area (Å²) in [5.74, 6) is 0. The van der Waals surface area contributed by atoms with Gasteiger partial charge >= 0.3 is 6.09 Å². The zero-order chi connectivity index (χ0) is 16.9. The van der Waals surface area contributed by atoms with Gasteiger partial charge in [-0.1, -0.05) is 18.2 Å². The summed E-state index contributed by atoms with van der Waals surface area (Å²) in [5, 5.41) is 6.07. The first kappa shape index (κ1) is 16.0. The molecule has 1 aromatic carbocycles. The Balaban J connectivity index is 1.63. The van der Waals surface area contributed by atoms with E-state index in [9.17, 15) is 4.79 Å². The average molecular weight is 324 g/mol. The molecule has 0 aliphatic rings. The number of rotatable bonds is 5. The molecule has 0 saturated heterocycles. The van der Waals surface area contributed by atoms with Gasteiger partial charge in [-0.15, -0.1) is 0 Å². The molecule has 0 radical (unpaired) electrons. The van der Waals surface area contributed by atoms with Crippen molar-refractivity contribution < 1.29 is 9.53 Å². The van der Waals surface area contributed by atoms with Crippen molar-refractivity contribution in [3.05, 3.63) is 65.6 Å². The van der Waals surface area contributed by atoms with Gasteiger partial charge in [0.1, 0.15) is 5.65 Å². The molecule has 124 valence electrons. The minimum absolute atomic E-state index is 0.471. The minimum Gasteiger partial charge on any atom is -0.453 e. The topological polar surface area (TPSA) is 67.7 Å². The number of methoxy groups -OCH3 is 1. The second-order valence-electron chi connectivity index (χ2n) is 5.55. The quantitative estimate of drug-likeness (QED) is 0.757. The summed E-state index contributed by atoms with van der Waals surface area (Å²) < 4.78 is 6.69. The largest absolute Gasteiger partial charge is 0.453 e. The first-order chi connectivity index (χ1) is 11.7. The fourth-order valence-electron chi connectivity index (χ4n) is 2.60. The van der Waals surface area contributed by atoms with Crippen LogP contribution in [0, 0.1) is 6.92 Å². The van der Waals surface area contributed by atoms with E-state index in [-0.39, 0.29) is 0 Å². The Kier molecular flexibility index (Phi) is 4.77. The summed E-state index contributed by atoms with van der Waals surface area (Å²) in [6.45, 7) is 3.45. The van der Waals surface area contributed by atoms with Crippen LogP contribution in [0.25, 0.3) is 5.65 Å². The van der Waals surface area contributed by atoms with Gasteiger partial charge in [0.25, 0.3) is 0 Å². The van der Waals surface area contributed by atoms with Crippen molar-refractivity contribution in [3.63, 3.8) is 0 Å². The average Bonchev–Trinajstić information content (AvgIpc) is 3.00. The van der Waals surface area contributed by atoms with Gasteiger partial charge in [-0.05, 0) is 36.2 Å². The number of hydrogen-bond donors (Lipinski definition) is 2. The highest BCUT2D eigenvalue weighted by Gasteiger charge is 2.05. The molecule has 2 heterocycles. The second-order valence-corrected chi connectivity index (χ2v) is 5.55. The third-order valence-electron chi connectivity index (χ3n) is 3.80. The summed E-state index contributed by atoms with van der Waals surface area (Å²) in [4.78, 5) is 15.7. The van der Waals surface area contributed by atoms with Gasteiger partial charge in [0.2, 0.25) is 0 Å². The molecular formula is C18H20N4O2. The van der Waals surface area contributed by atoms with Gasteiger partial charge in [-0.25, -0.2) is 9.78 Å². The van der Waals surface area contributed by atoms with Crippen LogP contribution in [0.4, 0.5) is 10.5 Å². The first-order valence-electron chi connectivity index (χ1n) is 7.73. The number of aromatic nitrogens is 2. The monoisotopic (exact) mass is 324 g/mol. The highest BCUT2D eigenvalue weighted by molar-refractivity contribution is 5.84. The number of pyridine rings is 1. The van der Waals surface area contributed by atoms with Gasteiger partial charge < -0.3 is 14.5 Å². The standard InChI is InChI=1S/C18H20N4O2/c1-13-5-4-8-22-16(12-20-17(13)22)11-19-10-14-6-3-7-15(9-14)21-18(23)24-2/h3-9,12,19H,10-11H2,1-2H3,(H,21,23). The zero-order valence-electron chi connectivity index (χ0n) is 13.7. The fourth-order valence-corrected chi connectivity index (χ4v) is 2.60. The van der Waals surface area contributed by atoms with Gasteiger partial charge in [0, 0.05) is 25.0 Å². The van der Waals surface area contributed by atoms with Crippen LogP contribution in [0.3, 0.4) is 0 Å². The maximum absolute atomic E-state index is 11.3. The highest BCUT2D eigenvalue weighted by atomic mass is 16.5. The molecule has 0 bridgehead atoms. The van der Waals surface area contributed by atoms with Crippen molar-refractivity contribution >= 4 is 17.4 Å². The number of amides is 1. The minimum atomic E-state index is -0.471. The predicted octanol–water partition coefficient (Wildman–Crippen LogP) is 3.11. The van der Waals surface area contributed by atoms with E-state index in [2.05, 4.69) is 37.7 Å². The third-order valence-corrected chi connectivity index (χ3v) is 3.80. The normalized spacial score (nSPS) is 10.8. The Morgan fingerprint density at radius 1 is 1.25 bits per heavy atom. The number of fused-ring (bicyclic) bond motifs is 1. The van der Waals surface area contributed by atoms with E-state index in [0.717, 1.165) is 22.5 Å². The first-order valence-corrected chi connectivity index (χ1v) is 7.73. The van der Waals surface area contributed by atoms with Gasteiger partial charge in [-0.2, -0.15) is 0 Å². The summed E-state index contributed by atoms with van der Waals surface area (Å²) in [6.07, 6.45) is 3.44. The molecule has 0 spiro atoms. The van der Waals surface area contributed by atoms with Crippen molar-refractivity contribution in [2.24, 2.45) is 0 Å². The van der Waals surface area contributed by atoms with E-state index in [4.69, 9.17) is 0 Å². The van der Waals surface area contributed by atoms with E-state index in [1.165, 1.54) is 7.11 Å². The molecule has 3 rings (SSSR count). The predicted molar refractivity (Wildman–Crippen MR) is 92.9 cm³/mol. The lowest BCUT2D eigenvalue weighted by molar-refractivity contribution is 0.187. The Labute approximate surface area is 140 Å².